The molecule has 0 spiro atoms. The summed E-state index contributed by atoms with van der Waals surface area (Å²) in [5.41, 5.74) is 1.36. The number of aromatic nitrogens is 2. The van der Waals surface area contributed by atoms with E-state index in [1.807, 2.05) is 6.07 Å². The molecule has 0 aliphatic rings. The molecule has 1 amide bonds. The molecule has 106 valence electrons. The van der Waals surface area contributed by atoms with E-state index >= 15 is 0 Å². The highest BCUT2D eigenvalue weighted by Gasteiger charge is 2.13. The van der Waals surface area contributed by atoms with Gasteiger partial charge < -0.3 is 5.32 Å². The van der Waals surface area contributed by atoms with Crippen LogP contribution in [0.2, 0.25) is 15.2 Å². The van der Waals surface area contributed by atoms with E-state index in [-0.39, 0.29) is 5.91 Å². The van der Waals surface area contributed by atoms with Gasteiger partial charge >= 0.3 is 0 Å². The second-order valence-corrected chi connectivity index (χ2v) is 5.40. The second-order valence-electron chi connectivity index (χ2n) is 4.23. The fourth-order valence-electron chi connectivity index (χ4n) is 1.69. The first kappa shape index (κ1) is 15.2. The minimum absolute atomic E-state index is 0.247. The van der Waals surface area contributed by atoms with E-state index < -0.39 is 0 Å². The van der Waals surface area contributed by atoms with E-state index in [4.69, 9.17) is 34.8 Å². The molecule has 0 radical (unpaired) electrons. The van der Waals surface area contributed by atoms with Crippen LogP contribution in [0.5, 0.6) is 0 Å². The van der Waals surface area contributed by atoms with Crippen molar-refractivity contribution in [1.82, 2.24) is 15.1 Å². The third-order valence-electron chi connectivity index (χ3n) is 2.79. The van der Waals surface area contributed by atoms with Crippen LogP contribution < -0.4 is 5.32 Å². The Hall–Kier alpha value is -1.23. The van der Waals surface area contributed by atoms with Crippen molar-refractivity contribution in [1.29, 1.82) is 0 Å². The van der Waals surface area contributed by atoms with Crippen molar-refractivity contribution in [3.05, 3.63) is 50.7 Å². The third kappa shape index (κ3) is 3.45. The van der Waals surface area contributed by atoms with Crippen LogP contribution in [0.15, 0.2) is 24.4 Å². The summed E-state index contributed by atoms with van der Waals surface area (Å²) in [5, 5.41) is 8.04. The molecular formula is C13H12Cl3N3O. The molecule has 0 atom stereocenters. The van der Waals surface area contributed by atoms with Crippen LogP contribution in [0.1, 0.15) is 15.9 Å². The van der Waals surface area contributed by atoms with E-state index in [0.717, 1.165) is 5.56 Å². The Balaban J connectivity index is 1.91. The first-order valence-electron chi connectivity index (χ1n) is 5.88. The van der Waals surface area contributed by atoms with Gasteiger partial charge in [-0.25, -0.2) is 0 Å². The number of amides is 1. The number of aryl methyl sites for hydroxylation is 1. The summed E-state index contributed by atoms with van der Waals surface area (Å²) >= 11 is 17.7. The monoisotopic (exact) mass is 331 g/mol. The topological polar surface area (TPSA) is 46.9 Å². The molecule has 0 aliphatic carbocycles. The average molecular weight is 333 g/mol. The quantitative estimate of drug-likeness (QED) is 0.933. The average Bonchev–Trinajstić information content (AvgIpc) is 2.74. The maximum absolute atomic E-state index is 11.9. The summed E-state index contributed by atoms with van der Waals surface area (Å²) in [5.74, 6) is -0.247. The van der Waals surface area contributed by atoms with E-state index in [1.54, 1.807) is 19.2 Å². The van der Waals surface area contributed by atoms with Gasteiger partial charge in [0, 0.05) is 13.6 Å². The number of hydrogen-bond acceptors (Lipinski definition) is 2. The lowest BCUT2D eigenvalue weighted by Crippen LogP contribution is -2.25. The van der Waals surface area contributed by atoms with Crippen LogP contribution in [0, 0.1) is 0 Å². The van der Waals surface area contributed by atoms with Gasteiger partial charge in [-0.15, -0.1) is 0 Å². The van der Waals surface area contributed by atoms with Gasteiger partial charge in [-0.2, -0.15) is 5.10 Å². The van der Waals surface area contributed by atoms with Gasteiger partial charge in [0.25, 0.3) is 5.91 Å². The number of benzene rings is 1. The van der Waals surface area contributed by atoms with Crippen molar-refractivity contribution in [2.45, 2.75) is 6.42 Å². The first-order chi connectivity index (χ1) is 9.49. The zero-order valence-corrected chi connectivity index (χ0v) is 12.9. The van der Waals surface area contributed by atoms with Gasteiger partial charge in [-0.3, -0.25) is 9.48 Å². The number of carbonyl (C=O) groups excluding carboxylic acids is 1. The SMILES string of the molecule is Cn1ncc(C(=O)NCCc2ccc(Cl)c(Cl)c2)c1Cl. The van der Waals surface area contributed by atoms with E-state index in [2.05, 4.69) is 10.4 Å². The number of nitrogens with one attached hydrogen (secondary N) is 1. The molecule has 0 saturated carbocycles. The fourth-order valence-corrected chi connectivity index (χ4v) is 2.18. The Bertz CT molecular complexity index is 640. The van der Waals surface area contributed by atoms with Crippen LogP contribution in [-0.4, -0.2) is 22.2 Å². The predicted molar refractivity (Wildman–Crippen MR) is 80.7 cm³/mol. The molecule has 7 heteroatoms. The highest BCUT2D eigenvalue weighted by atomic mass is 35.5. The Kier molecular flexibility index (Phi) is 4.91. The lowest BCUT2D eigenvalue weighted by Gasteiger charge is -2.05. The highest BCUT2D eigenvalue weighted by Crippen LogP contribution is 2.22. The molecule has 1 heterocycles. The summed E-state index contributed by atoms with van der Waals surface area (Å²) in [6.07, 6.45) is 2.09. The van der Waals surface area contributed by atoms with E-state index in [1.165, 1.54) is 10.9 Å². The summed E-state index contributed by atoms with van der Waals surface area (Å²) in [6.45, 7) is 0.474. The lowest BCUT2D eigenvalue weighted by molar-refractivity contribution is 0.0954. The Labute approximate surface area is 131 Å². The van der Waals surface area contributed by atoms with Crippen LogP contribution in [0.25, 0.3) is 0 Å². The van der Waals surface area contributed by atoms with Crippen molar-refractivity contribution in [2.75, 3.05) is 6.54 Å². The molecule has 1 aromatic heterocycles. The predicted octanol–water partition coefficient (Wildman–Crippen LogP) is 3.35. The Morgan fingerprint density at radius 2 is 2.05 bits per heavy atom. The molecule has 1 aromatic carbocycles. The molecule has 1 N–H and O–H groups in total. The number of carbonyl (C=O) groups is 1. The van der Waals surface area contributed by atoms with Gasteiger partial charge in [-0.1, -0.05) is 40.9 Å². The van der Waals surface area contributed by atoms with E-state index in [0.29, 0.717) is 33.7 Å². The van der Waals surface area contributed by atoms with Crippen molar-refractivity contribution in [2.24, 2.45) is 7.05 Å². The van der Waals surface area contributed by atoms with Crippen molar-refractivity contribution >= 4 is 40.7 Å². The summed E-state index contributed by atoms with van der Waals surface area (Å²) < 4.78 is 1.44. The summed E-state index contributed by atoms with van der Waals surface area (Å²) in [6, 6.07) is 5.39. The maximum atomic E-state index is 11.9. The molecule has 0 fully saturated rings. The number of halogens is 3. The maximum Gasteiger partial charge on any atom is 0.256 e. The second kappa shape index (κ2) is 6.48. The normalized spacial score (nSPS) is 10.6. The Morgan fingerprint density at radius 3 is 2.65 bits per heavy atom. The zero-order valence-electron chi connectivity index (χ0n) is 10.7. The number of rotatable bonds is 4. The first-order valence-corrected chi connectivity index (χ1v) is 7.02. The Morgan fingerprint density at radius 1 is 1.30 bits per heavy atom. The van der Waals surface area contributed by atoms with Gasteiger partial charge in [0.2, 0.25) is 0 Å². The molecule has 0 saturated heterocycles. The van der Waals surface area contributed by atoms with E-state index in [9.17, 15) is 4.79 Å². The minimum Gasteiger partial charge on any atom is -0.352 e. The number of hydrogen-bond donors (Lipinski definition) is 1. The van der Waals surface area contributed by atoms with Crippen molar-refractivity contribution in [3.63, 3.8) is 0 Å². The van der Waals surface area contributed by atoms with Crippen LogP contribution in [-0.2, 0) is 13.5 Å². The van der Waals surface area contributed by atoms with Crippen LogP contribution >= 0.6 is 34.8 Å². The molecule has 0 unspecified atom stereocenters. The lowest BCUT2D eigenvalue weighted by atomic mass is 10.1. The highest BCUT2D eigenvalue weighted by molar-refractivity contribution is 6.42. The molecule has 0 bridgehead atoms. The van der Waals surface area contributed by atoms with Gasteiger partial charge in [0.1, 0.15) is 5.15 Å². The third-order valence-corrected chi connectivity index (χ3v) is 3.98. The number of nitrogens with zero attached hydrogens (tertiary/aromatic N) is 2. The van der Waals surface area contributed by atoms with Crippen molar-refractivity contribution in [3.8, 4) is 0 Å². The standard InChI is InChI=1S/C13H12Cl3N3O/c1-19-12(16)9(7-18-19)13(20)17-5-4-8-2-3-10(14)11(15)6-8/h2-3,6-7H,4-5H2,1H3,(H,17,20). The smallest absolute Gasteiger partial charge is 0.256 e. The molecule has 20 heavy (non-hydrogen) atoms. The molecule has 2 rings (SSSR count). The van der Waals surface area contributed by atoms with Gasteiger partial charge in [0.05, 0.1) is 21.8 Å². The zero-order chi connectivity index (χ0) is 14.7. The molecular weight excluding hydrogens is 321 g/mol. The fraction of sp³-hybridized carbons (Fsp3) is 0.231. The minimum atomic E-state index is -0.247. The summed E-state index contributed by atoms with van der Waals surface area (Å²) in [4.78, 5) is 11.9. The van der Waals surface area contributed by atoms with Gasteiger partial charge in [-0.05, 0) is 24.1 Å². The molecule has 4 nitrogen and oxygen atoms in total. The van der Waals surface area contributed by atoms with Crippen LogP contribution in [0.3, 0.4) is 0 Å². The van der Waals surface area contributed by atoms with Crippen molar-refractivity contribution < 1.29 is 4.79 Å². The molecule has 2 aromatic rings. The summed E-state index contributed by atoms with van der Waals surface area (Å²) in [7, 11) is 1.68. The largest absolute Gasteiger partial charge is 0.352 e. The molecule has 0 aliphatic heterocycles. The van der Waals surface area contributed by atoms with Gasteiger partial charge in [0.15, 0.2) is 0 Å². The van der Waals surface area contributed by atoms with Crippen LogP contribution in [0.4, 0.5) is 0 Å².